The van der Waals surface area contributed by atoms with E-state index >= 15 is 0 Å². The first-order valence-electron chi connectivity index (χ1n) is 10.2. The molecule has 1 heterocycles. The number of nitrogens with one attached hydrogen (secondary N) is 2. The molecule has 0 fully saturated rings. The van der Waals surface area contributed by atoms with E-state index in [9.17, 15) is 10.1 Å². The summed E-state index contributed by atoms with van der Waals surface area (Å²) in [4.78, 5) is 14.0. The second-order valence-corrected chi connectivity index (χ2v) is 8.60. The molecule has 2 N–H and O–H groups in total. The topological polar surface area (TPSA) is 83.4 Å². The number of benzene rings is 2. The fourth-order valence-electron chi connectivity index (χ4n) is 3.52. The van der Waals surface area contributed by atoms with Crippen LogP contribution in [0.2, 0.25) is 0 Å². The third-order valence-electron chi connectivity index (χ3n) is 4.97. The van der Waals surface area contributed by atoms with Crippen LogP contribution in [0, 0.1) is 11.3 Å². The molecule has 2 aromatic carbocycles. The largest absolute Gasteiger partial charge is 0.490 e. The number of ether oxygens (including phenoxy) is 2. The Labute approximate surface area is 195 Å². The molecule has 3 aromatic rings. The van der Waals surface area contributed by atoms with Gasteiger partial charge in [0.15, 0.2) is 5.11 Å². The van der Waals surface area contributed by atoms with Crippen LogP contribution in [0.25, 0.3) is 0 Å². The van der Waals surface area contributed by atoms with Gasteiger partial charge in [0.2, 0.25) is 0 Å². The summed E-state index contributed by atoms with van der Waals surface area (Å²) < 4.78 is 11.4. The summed E-state index contributed by atoms with van der Waals surface area (Å²) in [5.41, 5.74) is 2.09. The highest BCUT2D eigenvalue weighted by Crippen LogP contribution is 2.38. The van der Waals surface area contributed by atoms with Crippen molar-refractivity contribution in [1.82, 2.24) is 5.32 Å². The number of rotatable bonds is 7. The highest BCUT2D eigenvalue weighted by molar-refractivity contribution is 7.80. The molecule has 1 amide bonds. The summed E-state index contributed by atoms with van der Waals surface area (Å²) in [6.07, 6.45) is 2.97. The van der Waals surface area contributed by atoms with E-state index in [1.54, 1.807) is 24.3 Å². The number of thiophene rings is 1. The highest BCUT2D eigenvalue weighted by Gasteiger charge is 2.23. The lowest BCUT2D eigenvalue weighted by molar-refractivity contribution is 0.0972. The number of anilines is 1. The van der Waals surface area contributed by atoms with E-state index in [0.29, 0.717) is 28.5 Å². The van der Waals surface area contributed by atoms with Crippen molar-refractivity contribution in [3.63, 3.8) is 0 Å². The van der Waals surface area contributed by atoms with Gasteiger partial charge in [-0.3, -0.25) is 10.1 Å². The molecular formula is C24H21N3O3S2. The van der Waals surface area contributed by atoms with Gasteiger partial charge in [0.25, 0.3) is 5.91 Å². The molecule has 1 aliphatic rings. The summed E-state index contributed by atoms with van der Waals surface area (Å²) in [5.74, 6) is 0.816. The molecule has 0 saturated heterocycles. The van der Waals surface area contributed by atoms with Crippen LogP contribution in [-0.2, 0) is 12.8 Å². The Bertz CT molecular complexity index is 1170. The van der Waals surface area contributed by atoms with Gasteiger partial charge in [-0.15, -0.1) is 11.3 Å². The molecular weight excluding hydrogens is 442 g/mol. The van der Waals surface area contributed by atoms with Gasteiger partial charge < -0.3 is 14.8 Å². The van der Waals surface area contributed by atoms with Crippen molar-refractivity contribution in [3.8, 4) is 17.6 Å². The van der Waals surface area contributed by atoms with Crippen LogP contribution in [0.4, 0.5) is 5.00 Å². The molecule has 0 bridgehead atoms. The first-order chi connectivity index (χ1) is 15.7. The number of para-hydroxylation sites is 2. The average molecular weight is 464 g/mol. The third-order valence-corrected chi connectivity index (χ3v) is 6.38. The predicted octanol–water partition coefficient (Wildman–Crippen LogP) is 4.69. The van der Waals surface area contributed by atoms with Crippen molar-refractivity contribution in [2.24, 2.45) is 0 Å². The number of carbonyl (C=O) groups is 1. The second kappa shape index (κ2) is 10.3. The minimum atomic E-state index is -0.385. The van der Waals surface area contributed by atoms with E-state index in [1.807, 2.05) is 30.3 Å². The molecule has 6 nitrogen and oxygen atoms in total. The standard InChI is InChI=1S/C24H21N3O3S2/c25-15-19-17-10-6-12-21(17)32-23(19)27-24(31)26-22(28)18-9-4-5-11-20(18)30-14-13-29-16-7-2-1-3-8-16/h1-5,7-9,11H,6,10,12-14H2,(H2,26,27,28,31). The van der Waals surface area contributed by atoms with Crippen LogP contribution >= 0.6 is 23.6 Å². The van der Waals surface area contributed by atoms with Crippen molar-refractivity contribution >= 4 is 39.6 Å². The van der Waals surface area contributed by atoms with Gasteiger partial charge in [-0.1, -0.05) is 30.3 Å². The smallest absolute Gasteiger partial charge is 0.261 e. The van der Waals surface area contributed by atoms with Gasteiger partial charge in [-0.25, -0.2) is 0 Å². The van der Waals surface area contributed by atoms with Crippen molar-refractivity contribution < 1.29 is 14.3 Å². The van der Waals surface area contributed by atoms with Crippen molar-refractivity contribution in [1.29, 1.82) is 5.26 Å². The van der Waals surface area contributed by atoms with E-state index < -0.39 is 0 Å². The monoisotopic (exact) mass is 463 g/mol. The molecule has 8 heteroatoms. The SMILES string of the molecule is N#Cc1c(NC(=S)NC(=O)c2ccccc2OCCOc2ccccc2)sc2c1CCC2. The molecule has 1 aromatic heterocycles. The first-order valence-corrected chi connectivity index (χ1v) is 11.4. The Hall–Kier alpha value is -3.41. The zero-order valence-corrected chi connectivity index (χ0v) is 18.9. The van der Waals surface area contributed by atoms with Crippen LogP contribution in [0.15, 0.2) is 54.6 Å². The molecule has 0 unspecified atom stereocenters. The van der Waals surface area contributed by atoms with Crippen molar-refractivity contribution in [3.05, 3.63) is 76.2 Å². The maximum atomic E-state index is 12.8. The first kappa shape index (κ1) is 21.8. The quantitative estimate of drug-likeness (QED) is 0.391. The van der Waals surface area contributed by atoms with Gasteiger partial charge in [0, 0.05) is 4.88 Å². The number of hydrogen-bond donors (Lipinski definition) is 2. The summed E-state index contributed by atoms with van der Waals surface area (Å²) >= 11 is 6.85. The van der Waals surface area contributed by atoms with E-state index in [0.717, 1.165) is 30.6 Å². The lowest BCUT2D eigenvalue weighted by Gasteiger charge is -2.13. The molecule has 0 radical (unpaired) electrons. The number of nitriles is 1. The lowest BCUT2D eigenvalue weighted by Crippen LogP contribution is -2.34. The second-order valence-electron chi connectivity index (χ2n) is 7.09. The number of aryl methyl sites for hydroxylation is 1. The fourth-order valence-corrected chi connectivity index (χ4v) is 5.03. The number of thiocarbonyl (C=S) groups is 1. The van der Waals surface area contributed by atoms with E-state index in [-0.39, 0.29) is 17.6 Å². The molecule has 0 saturated carbocycles. The zero-order chi connectivity index (χ0) is 22.3. The Morgan fingerprint density at radius 1 is 1.06 bits per heavy atom. The minimum absolute atomic E-state index is 0.147. The van der Waals surface area contributed by atoms with E-state index in [4.69, 9.17) is 21.7 Å². The van der Waals surface area contributed by atoms with E-state index in [1.165, 1.54) is 16.2 Å². The molecule has 0 spiro atoms. The van der Waals surface area contributed by atoms with Gasteiger partial charge in [0.1, 0.15) is 35.8 Å². The van der Waals surface area contributed by atoms with Crippen LogP contribution in [0.5, 0.6) is 11.5 Å². The molecule has 4 rings (SSSR count). The number of amides is 1. The van der Waals surface area contributed by atoms with Gasteiger partial charge in [0.05, 0.1) is 11.1 Å². The summed E-state index contributed by atoms with van der Waals surface area (Å²) in [7, 11) is 0. The van der Waals surface area contributed by atoms with Crippen LogP contribution in [-0.4, -0.2) is 24.2 Å². The number of hydrogen-bond acceptors (Lipinski definition) is 6. The Balaban J connectivity index is 1.34. The van der Waals surface area contributed by atoms with Crippen LogP contribution in [0.1, 0.15) is 32.8 Å². The normalized spacial score (nSPS) is 11.8. The van der Waals surface area contributed by atoms with Gasteiger partial charge >= 0.3 is 0 Å². The van der Waals surface area contributed by atoms with Crippen LogP contribution in [0.3, 0.4) is 0 Å². The van der Waals surface area contributed by atoms with Crippen LogP contribution < -0.4 is 20.1 Å². The third kappa shape index (κ3) is 5.07. The Morgan fingerprint density at radius 3 is 2.62 bits per heavy atom. The zero-order valence-electron chi connectivity index (χ0n) is 17.2. The minimum Gasteiger partial charge on any atom is -0.490 e. The lowest BCUT2D eigenvalue weighted by atomic mass is 10.1. The van der Waals surface area contributed by atoms with Gasteiger partial charge in [-0.2, -0.15) is 5.26 Å². The van der Waals surface area contributed by atoms with Crippen molar-refractivity contribution in [2.75, 3.05) is 18.5 Å². The fraction of sp³-hybridized carbons (Fsp3) is 0.208. The summed E-state index contributed by atoms with van der Waals surface area (Å²) in [6, 6.07) is 18.7. The molecule has 1 aliphatic carbocycles. The number of fused-ring (bicyclic) bond motifs is 1. The molecule has 0 aliphatic heterocycles. The average Bonchev–Trinajstić information content (AvgIpc) is 3.38. The number of nitrogens with zero attached hydrogens (tertiary/aromatic N) is 1. The maximum Gasteiger partial charge on any atom is 0.261 e. The predicted molar refractivity (Wildman–Crippen MR) is 129 cm³/mol. The number of carbonyl (C=O) groups excluding carboxylic acids is 1. The van der Waals surface area contributed by atoms with Crippen molar-refractivity contribution in [2.45, 2.75) is 19.3 Å². The molecule has 32 heavy (non-hydrogen) atoms. The van der Waals surface area contributed by atoms with E-state index in [2.05, 4.69) is 16.7 Å². The molecule has 162 valence electrons. The Morgan fingerprint density at radius 2 is 1.81 bits per heavy atom. The van der Waals surface area contributed by atoms with Gasteiger partial charge in [-0.05, 0) is 61.3 Å². The summed E-state index contributed by atoms with van der Waals surface area (Å²) in [6.45, 7) is 0.633. The highest BCUT2D eigenvalue weighted by atomic mass is 32.1. The summed E-state index contributed by atoms with van der Waals surface area (Å²) in [5, 5.41) is 16.0. The molecule has 0 atom stereocenters. The Kier molecular flexibility index (Phi) is 7.00. The maximum absolute atomic E-state index is 12.8.